The smallest absolute Gasteiger partial charge is 0 e. The minimum atomic E-state index is -0.0833. The summed E-state index contributed by atoms with van der Waals surface area (Å²) in [6.07, 6.45) is 0. The zero-order chi connectivity index (χ0) is 11.6. The Labute approximate surface area is 116 Å². The molecule has 0 amide bonds. The van der Waals surface area contributed by atoms with E-state index in [1.165, 1.54) is 6.92 Å². The summed E-state index contributed by atoms with van der Waals surface area (Å²) in [6, 6.07) is 0. The fraction of sp³-hybridized carbons (Fsp3) is 0.143. The third-order valence-electron chi connectivity index (χ3n) is 0. The normalized spacial score (nSPS) is 2.36. The largest absolute Gasteiger partial charge is 0.340 e. The number of ketones is 1. The van der Waals surface area contributed by atoms with Crippen molar-refractivity contribution in [3.63, 3.8) is 0 Å². The summed E-state index contributed by atoms with van der Waals surface area (Å²) in [5, 5.41) is 0. The van der Waals surface area contributed by atoms with Gasteiger partial charge in [-0.2, -0.15) is 0 Å². The molecule has 0 unspecified atom stereocenters. The number of carbonyl (C=O) groups is 1. The Hall–Kier alpha value is 0.0195. The van der Waals surface area contributed by atoms with E-state index in [4.69, 9.17) is 18.6 Å². The molecule has 0 atom stereocenters. The number of Topliss-reactive ketones (excluding diaryl/α,β-unsaturated/α-hetero) is 1. The van der Waals surface area contributed by atoms with Crippen molar-refractivity contribution in [1.29, 1.82) is 0 Å². The second-order valence-corrected chi connectivity index (χ2v) is 0.702. The van der Waals surface area contributed by atoms with Crippen LogP contribution in [0.2, 0.25) is 0 Å². The van der Waals surface area contributed by atoms with Gasteiger partial charge in [-0.05, 0) is 12.7 Å². The van der Waals surface area contributed by atoms with Crippen LogP contribution in [-0.2, 0) is 40.5 Å². The van der Waals surface area contributed by atoms with Gasteiger partial charge in [0.15, 0.2) is 0 Å². The molecule has 0 aromatic carbocycles. The van der Waals surface area contributed by atoms with E-state index in [1.54, 1.807) is 0 Å². The Morgan fingerprint density at radius 3 is 0.929 bits per heavy atom. The van der Waals surface area contributed by atoms with E-state index in [0.29, 0.717) is 0 Å². The molecule has 14 heavy (non-hydrogen) atoms. The second kappa shape index (κ2) is 206. The molecule has 0 aliphatic heterocycles. The van der Waals surface area contributed by atoms with Gasteiger partial charge in [0.25, 0.3) is 0 Å². The summed E-state index contributed by atoms with van der Waals surface area (Å²) in [7, 11) is 0. The van der Waals surface area contributed by atoms with Crippen LogP contribution < -0.4 is 0 Å². The Kier molecular flexibility index (Phi) is 711. The standard InChI is InChI=1S/C3H5O.4CO.Fe.Na/c1-3(2)4;4*1-2;;/h1H2,2H3;;;;;;/q-1;;;;;;. The first-order valence-electron chi connectivity index (χ1n) is 1.87. The van der Waals surface area contributed by atoms with Gasteiger partial charge >= 0.3 is 45.2 Å². The van der Waals surface area contributed by atoms with Crippen molar-refractivity contribution in [1.82, 2.24) is 0 Å². The topological polar surface area (TPSA) is 96.7 Å². The van der Waals surface area contributed by atoms with E-state index in [0.717, 1.165) is 0 Å². The Morgan fingerprint density at radius 2 is 0.929 bits per heavy atom. The van der Waals surface area contributed by atoms with Gasteiger partial charge in [0.1, 0.15) is 0 Å². The third-order valence-corrected chi connectivity index (χ3v) is 0. The van der Waals surface area contributed by atoms with Crippen molar-refractivity contribution in [2.24, 2.45) is 0 Å². The van der Waals surface area contributed by atoms with Crippen molar-refractivity contribution in [2.45, 2.75) is 6.92 Å². The summed E-state index contributed by atoms with van der Waals surface area (Å²) in [5.74, 6) is -0.0833. The van der Waals surface area contributed by atoms with E-state index >= 15 is 0 Å². The maximum atomic E-state index is 9.33. The molecule has 0 heterocycles. The maximum absolute atomic E-state index is 9.33. The predicted molar refractivity (Wildman–Crippen MR) is 37.5 cm³/mol. The van der Waals surface area contributed by atoms with E-state index < -0.39 is 0 Å². The zero-order valence-electron chi connectivity index (χ0n) is 7.60. The number of hydrogen-bond donors (Lipinski definition) is 0. The first kappa shape index (κ1) is 48.2. The SMILES string of the molecule is [C-]#[O+].[C-]#[O+].[C-]#[O+].[C-]#[O+].[CH2-]C(C)=O.[Fe].[Na]. The van der Waals surface area contributed by atoms with E-state index in [1.807, 2.05) is 0 Å². The van der Waals surface area contributed by atoms with Crippen molar-refractivity contribution in [3.05, 3.63) is 33.5 Å². The van der Waals surface area contributed by atoms with Crippen molar-refractivity contribution < 1.29 is 40.5 Å². The number of carbonyl (C=O) groups excluding carboxylic acids is 1. The van der Waals surface area contributed by atoms with Crippen LogP contribution in [0.3, 0.4) is 0 Å². The van der Waals surface area contributed by atoms with Crippen LogP contribution in [0.25, 0.3) is 0 Å². The molecule has 0 aromatic rings. The predicted octanol–water partition coefficient (Wildman–Crippen LogP) is -0.124. The minimum Gasteiger partial charge on any atom is -0.340 e. The number of rotatable bonds is 0. The summed E-state index contributed by atoms with van der Waals surface area (Å²) in [5.41, 5.74) is 0. The molecule has 0 bridgehead atoms. The molecule has 0 saturated heterocycles. The average molecular weight is 248 g/mol. The zero-order valence-corrected chi connectivity index (χ0v) is 10.7. The summed E-state index contributed by atoms with van der Waals surface area (Å²) in [6.45, 7) is 22.4. The van der Waals surface area contributed by atoms with Gasteiger partial charge in [0.05, 0.1) is 0 Å². The Bertz CT molecular complexity index is 121. The van der Waals surface area contributed by atoms with Crippen LogP contribution in [0, 0.1) is 33.5 Å². The van der Waals surface area contributed by atoms with Crippen LogP contribution in [-0.4, -0.2) is 35.3 Å². The fourth-order valence-electron chi connectivity index (χ4n) is 0. The van der Waals surface area contributed by atoms with Gasteiger partial charge in [0.2, 0.25) is 0 Å². The molecule has 0 N–H and O–H groups in total. The van der Waals surface area contributed by atoms with Crippen LogP contribution in [0.1, 0.15) is 6.92 Å². The molecule has 0 saturated carbocycles. The molecule has 0 aliphatic carbocycles. The first-order valence-corrected chi connectivity index (χ1v) is 1.87. The monoisotopic (exact) mass is 248 g/mol. The minimum absolute atomic E-state index is 0. The molecule has 73 valence electrons. The molecule has 1 radical (unpaired) electrons. The van der Waals surface area contributed by atoms with Crippen LogP contribution in [0.15, 0.2) is 0 Å². The van der Waals surface area contributed by atoms with Crippen molar-refractivity contribution in [2.75, 3.05) is 0 Å². The molecule has 0 rings (SSSR count). The summed E-state index contributed by atoms with van der Waals surface area (Å²) < 4.78 is 30.0. The quantitative estimate of drug-likeness (QED) is 0.333. The average Bonchev–Trinajstić information content (AvgIpc) is 2.16. The van der Waals surface area contributed by atoms with Gasteiger partial charge in [0, 0.05) is 46.6 Å². The molecule has 5 nitrogen and oxygen atoms in total. The summed E-state index contributed by atoms with van der Waals surface area (Å²) in [4.78, 5) is 9.33. The van der Waals surface area contributed by atoms with Gasteiger partial charge in [-0.1, -0.05) is 0 Å². The molecule has 0 aromatic heterocycles. The van der Waals surface area contributed by atoms with E-state index in [-0.39, 0.29) is 52.4 Å². The van der Waals surface area contributed by atoms with Gasteiger partial charge in [-0.3, -0.25) is 0 Å². The number of hydrogen-bond acceptors (Lipinski definition) is 1. The van der Waals surface area contributed by atoms with Gasteiger partial charge in [-0.25, -0.2) is 0 Å². The van der Waals surface area contributed by atoms with E-state index in [2.05, 4.69) is 33.5 Å². The fourth-order valence-corrected chi connectivity index (χ4v) is 0. The van der Waals surface area contributed by atoms with Crippen LogP contribution >= 0.6 is 0 Å². The molecule has 0 spiro atoms. The van der Waals surface area contributed by atoms with Crippen LogP contribution in [0.4, 0.5) is 0 Å². The molecular weight excluding hydrogens is 243 g/mol. The molecule has 7 heteroatoms. The molecule has 0 fully saturated rings. The third kappa shape index (κ3) is 3850000. The molecular formula is C7H5FeNaO5-. The summed E-state index contributed by atoms with van der Waals surface area (Å²) >= 11 is 0. The van der Waals surface area contributed by atoms with E-state index in [9.17, 15) is 4.79 Å². The van der Waals surface area contributed by atoms with Gasteiger partial charge in [-0.15, -0.1) is 0 Å². The van der Waals surface area contributed by atoms with Crippen LogP contribution in [0.5, 0.6) is 0 Å². The first-order chi connectivity index (χ1) is 5.73. The maximum Gasteiger partial charge on any atom is 0 e. The Morgan fingerprint density at radius 1 is 0.929 bits per heavy atom. The van der Waals surface area contributed by atoms with Crippen molar-refractivity contribution >= 4 is 35.3 Å². The van der Waals surface area contributed by atoms with Gasteiger partial charge < -0.3 is 11.7 Å². The molecule has 0 aliphatic rings. The van der Waals surface area contributed by atoms with Crippen molar-refractivity contribution in [3.8, 4) is 0 Å². The Balaban J connectivity index is -0.00000000887. The second-order valence-electron chi connectivity index (χ2n) is 0.702.